The summed E-state index contributed by atoms with van der Waals surface area (Å²) in [6.07, 6.45) is 1.59. The molecule has 3 rings (SSSR count). The van der Waals surface area contributed by atoms with E-state index in [4.69, 9.17) is 25.5 Å². The number of benzene rings is 2. The first-order chi connectivity index (χ1) is 12.5. The van der Waals surface area contributed by atoms with Gasteiger partial charge in [-0.2, -0.15) is 0 Å². The van der Waals surface area contributed by atoms with Gasteiger partial charge in [0.2, 0.25) is 0 Å². The van der Waals surface area contributed by atoms with E-state index in [0.29, 0.717) is 33.7 Å². The average Bonchev–Trinajstić information content (AvgIpc) is 3.08. The molecule has 0 atom stereocenters. The smallest absolute Gasteiger partial charge is 0.255 e. The number of carbonyl (C=O) groups is 1. The number of aryl methyl sites for hydroxylation is 1. The molecule has 0 bridgehead atoms. The van der Waals surface area contributed by atoms with Crippen molar-refractivity contribution in [3.8, 4) is 22.8 Å². The summed E-state index contributed by atoms with van der Waals surface area (Å²) in [6.45, 7) is 1.78. The van der Waals surface area contributed by atoms with E-state index in [1.54, 1.807) is 31.4 Å². The summed E-state index contributed by atoms with van der Waals surface area (Å²) in [7, 11) is 2.97. The summed E-state index contributed by atoms with van der Waals surface area (Å²) in [4.78, 5) is 16.8. The Labute approximate surface area is 155 Å². The maximum absolute atomic E-state index is 12.5. The van der Waals surface area contributed by atoms with E-state index in [1.165, 1.54) is 20.3 Å². The lowest BCUT2D eigenvalue weighted by molar-refractivity contribution is 0.102. The zero-order valence-electron chi connectivity index (χ0n) is 14.5. The Morgan fingerprint density at radius 3 is 2.46 bits per heavy atom. The number of rotatable bonds is 5. The predicted molar refractivity (Wildman–Crippen MR) is 99.2 cm³/mol. The van der Waals surface area contributed by atoms with E-state index in [1.807, 2.05) is 12.1 Å². The number of anilines is 1. The van der Waals surface area contributed by atoms with Gasteiger partial charge >= 0.3 is 0 Å². The fourth-order valence-electron chi connectivity index (χ4n) is 2.47. The van der Waals surface area contributed by atoms with Crippen molar-refractivity contribution in [2.75, 3.05) is 19.5 Å². The predicted octanol–water partition coefficient (Wildman–Crippen LogP) is 4.57. The number of aromatic nitrogens is 1. The van der Waals surface area contributed by atoms with Crippen LogP contribution in [0.2, 0.25) is 5.02 Å². The van der Waals surface area contributed by atoms with Crippen LogP contribution in [0.4, 0.5) is 5.69 Å². The van der Waals surface area contributed by atoms with E-state index < -0.39 is 0 Å². The minimum absolute atomic E-state index is 0.300. The van der Waals surface area contributed by atoms with E-state index in [-0.39, 0.29) is 5.91 Å². The largest absolute Gasteiger partial charge is 0.493 e. The van der Waals surface area contributed by atoms with Crippen molar-refractivity contribution in [3.05, 3.63) is 59.1 Å². The number of methoxy groups -OCH3 is 2. The van der Waals surface area contributed by atoms with Gasteiger partial charge < -0.3 is 19.2 Å². The van der Waals surface area contributed by atoms with Crippen LogP contribution in [0.25, 0.3) is 11.3 Å². The molecule has 0 aliphatic heterocycles. The molecule has 0 aliphatic carbocycles. The van der Waals surface area contributed by atoms with E-state index in [2.05, 4.69) is 10.3 Å². The van der Waals surface area contributed by atoms with Gasteiger partial charge in [-0.15, -0.1) is 0 Å². The highest BCUT2D eigenvalue weighted by Gasteiger charge is 2.15. The molecule has 1 amide bonds. The Balaban J connectivity index is 1.79. The molecule has 0 fully saturated rings. The first kappa shape index (κ1) is 17.8. The number of carbonyl (C=O) groups excluding carboxylic acids is 1. The highest BCUT2D eigenvalue weighted by molar-refractivity contribution is 6.32. The fraction of sp³-hybridized carbons (Fsp3) is 0.158. The van der Waals surface area contributed by atoms with Gasteiger partial charge in [0.05, 0.1) is 19.2 Å². The Bertz CT molecular complexity index is 935. The molecule has 2 aromatic carbocycles. The molecule has 0 spiro atoms. The van der Waals surface area contributed by atoms with Crippen LogP contribution in [0.3, 0.4) is 0 Å². The first-order valence-electron chi connectivity index (χ1n) is 7.77. The highest BCUT2D eigenvalue weighted by atomic mass is 35.5. The number of halogens is 1. The van der Waals surface area contributed by atoms with Crippen molar-refractivity contribution in [1.29, 1.82) is 0 Å². The molecule has 1 aromatic heterocycles. The number of oxazole rings is 1. The molecule has 1 heterocycles. The Morgan fingerprint density at radius 2 is 1.88 bits per heavy atom. The van der Waals surface area contributed by atoms with E-state index in [0.717, 1.165) is 11.3 Å². The first-order valence-corrected chi connectivity index (χ1v) is 8.15. The van der Waals surface area contributed by atoms with Crippen molar-refractivity contribution in [2.24, 2.45) is 0 Å². The molecule has 134 valence electrons. The molecule has 0 radical (unpaired) electrons. The Morgan fingerprint density at radius 1 is 1.15 bits per heavy atom. The lowest BCUT2D eigenvalue weighted by Gasteiger charge is -2.12. The maximum atomic E-state index is 12.5. The standard InChI is InChI=1S/C19H17ClN2O4/c1-11-21-16(10-26-11)12-4-6-14(7-5-12)22-19(23)13-8-15(20)18(25-3)17(9-13)24-2/h4-10H,1-3H3,(H,22,23). The second-order valence-electron chi connectivity index (χ2n) is 5.48. The van der Waals surface area contributed by atoms with Crippen LogP contribution >= 0.6 is 11.6 Å². The van der Waals surface area contributed by atoms with Crippen LogP contribution < -0.4 is 14.8 Å². The zero-order chi connectivity index (χ0) is 18.7. The third kappa shape index (κ3) is 3.65. The summed E-state index contributed by atoms with van der Waals surface area (Å²) in [5, 5.41) is 3.12. The summed E-state index contributed by atoms with van der Waals surface area (Å²) in [6, 6.07) is 10.4. The van der Waals surface area contributed by atoms with Gasteiger partial charge in [0.1, 0.15) is 12.0 Å². The van der Waals surface area contributed by atoms with Crippen molar-refractivity contribution in [3.63, 3.8) is 0 Å². The fourth-order valence-corrected chi connectivity index (χ4v) is 2.76. The second kappa shape index (κ2) is 7.49. The van der Waals surface area contributed by atoms with Gasteiger partial charge in [-0.25, -0.2) is 4.98 Å². The number of nitrogens with zero attached hydrogens (tertiary/aromatic N) is 1. The van der Waals surface area contributed by atoms with E-state index in [9.17, 15) is 4.79 Å². The van der Waals surface area contributed by atoms with Crippen molar-refractivity contribution >= 4 is 23.2 Å². The van der Waals surface area contributed by atoms with Gasteiger partial charge in [-0.05, 0) is 24.3 Å². The lowest BCUT2D eigenvalue weighted by atomic mass is 10.1. The number of hydrogen-bond donors (Lipinski definition) is 1. The molecule has 0 aliphatic rings. The Kier molecular flexibility index (Phi) is 5.14. The molecule has 6 nitrogen and oxygen atoms in total. The average molecular weight is 373 g/mol. The number of amides is 1. The molecule has 1 N–H and O–H groups in total. The highest BCUT2D eigenvalue weighted by Crippen LogP contribution is 2.36. The van der Waals surface area contributed by atoms with Crippen LogP contribution in [-0.4, -0.2) is 25.1 Å². The van der Waals surface area contributed by atoms with Crippen molar-refractivity contribution in [2.45, 2.75) is 6.92 Å². The van der Waals surface area contributed by atoms with Crippen LogP contribution in [0.5, 0.6) is 11.5 Å². The number of hydrogen-bond acceptors (Lipinski definition) is 5. The normalized spacial score (nSPS) is 10.5. The van der Waals surface area contributed by atoms with Gasteiger partial charge in [0.15, 0.2) is 17.4 Å². The second-order valence-corrected chi connectivity index (χ2v) is 5.88. The molecule has 26 heavy (non-hydrogen) atoms. The molecule has 0 saturated carbocycles. The molecule has 7 heteroatoms. The molecule has 0 unspecified atom stereocenters. The minimum Gasteiger partial charge on any atom is -0.493 e. The summed E-state index contributed by atoms with van der Waals surface area (Å²) in [5.41, 5.74) is 2.65. The Hall–Kier alpha value is -2.99. The van der Waals surface area contributed by atoms with Crippen molar-refractivity contribution in [1.82, 2.24) is 4.98 Å². The summed E-state index contributed by atoms with van der Waals surface area (Å²) < 4.78 is 15.6. The van der Waals surface area contributed by atoms with Gasteiger partial charge in [0.25, 0.3) is 5.91 Å². The number of nitrogens with one attached hydrogen (secondary N) is 1. The van der Waals surface area contributed by atoms with Crippen LogP contribution in [-0.2, 0) is 0 Å². The third-order valence-corrected chi connectivity index (χ3v) is 4.03. The monoisotopic (exact) mass is 372 g/mol. The molecule has 0 saturated heterocycles. The summed E-state index contributed by atoms with van der Waals surface area (Å²) >= 11 is 6.15. The number of ether oxygens (including phenoxy) is 2. The molecular weight excluding hydrogens is 356 g/mol. The zero-order valence-corrected chi connectivity index (χ0v) is 15.3. The maximum Gasteiger partial charge on any atom is 0.255 e. The molecular formula is C19H17ClN2O4. The van der Waals surface area contributed by atoms with Gasteiger partial charge in [-0.1, -0.05) is 23.7 Å². The SMILES string of the molecule is COc1cc(C(=O)Nc2ccc(-c3coc(C)n3)cc2)cc(Cl)c1OC. The van der Waals surface area contributed by atoms with Gasteiger partial charge in [-0.3, -0.25) is 4.79 Å². The van der Waals surface area contributed by atoms with Crippen LogP contribution in [0, 0.1) is 6.92 Å². The molecule has 3 aromatic rings. The topological polar surface area (TPSA) is 73.6 Å². The lowest BCUT2D eigenvalue weighted by Crippen LogP contribution is -2.12. The quantitative estimate of drug-likeness (QED) is 0.710. The van der Waals surface area contributed by atoms with Crippen LogP contribution in [0.15, 0.2) is 47.1 Å². The van der Waals surface area contributed by atoms with Crippen LogP contribution in [0.1, 0.15) is 16.2 Å². The van der Waals surface area contributed by atoms with Gasteiger partial charge in [0, 0.05) is 23.7 Å². The third-order valence-electron chi connectivity index (χ3n) is 3.75. The van der Waals surface area contributed by atoms with E-state index >= 15 is 0 Å². The van der Waals surface area contributed by atoms with Crippen molar-refractivity contribution < 1.29 is 18.7 Å². The summed E-state index contributed by atoms with van der Waals surface area (Å²) in [5.74, 6) is 1.07. The minimum atomic E-state index is -0.308.